The number of aliphatic hydroxyl groups is 1. The van der Waals surface area contributed by atoms with Gasteiger partial charge in [0.2, 0.25) is 0 Å². The third-order valence-corrected chi connectivity index (χ3v) is 1.80. The lowest BCUT2D eigenvalue weighted by Gasteiger charge is -2.38. The van der Waals surface area contributed by atoms with Crippen molar-refractivity contribution in [1.29, 1.82) is 0 Å². The van der Waals surface area contributed by atoms with E-state index in [-0.39, 0.29) is 0 Å². The third kappa shape index (κ3) is 3.79. The summed E-state index contributed by atoms with van der Waals surface area (Å²) < 4.78 is 126. The Labute approximate surface area is 107 Å². The van der Waals surface area contributed by atoms with E-state index in [0.717, 1.165) is 10.0 Å². The maximum absolute atomic E-state index is 13.0. The molecule has 1 N–H and O–H groups in total. The first-order chi connectivity index (χ1) is 9.02. The average molecular weight is 339 g/mol. The number of hydrogen-bond donors (Lipinski definition) is 1. The van der Waals surface area contributed by atoms with Gasteiger partial charge in [0.25, 0.3) is 0 Å². The molecule has 0 aliphatic heterocycles. The van der Waals surface area contributed by atoms with Crippen molar-refractivity contribution in [3.05, 3.63) is 10.4 Å². The Kier molecular flexibility index (Phi) is 5.00. The maximum atomic E-state index is 13.0. The van der Waals surface area contributed by atoms with E-state index < -0.39 is 36.7 Å². The quantitative estimate of drug-likeness (QED) is 0.208. The van der Waals surface area contributed by atoms with Gasteiger partial charge in [0.15, 0.2) is 0 Å². The summed E-state index contributed by atoms with van der Waals surface area (Å²) in [5.74, 6) is -13.0. The molecule has 0 radical (unpaired) electrons. The number of rotatable bonds is 5. The molecule has 21 heavy (non-hydrogen) atoms. The molecule has 0 aromatic heterocycles. The Balaban J connectivity index is 5.88. The van der Waals surface area contributed by atoms with Crippen LogP contribution in [0.2, 0.25) is 0 Å². The van der Waals surface area contributed by atoms with Crippen molar-refractivity contribution >= 4 is 0 Å². The predicted molar refractivity (Wildman–Crippen MR) is 42.1 cm³/mol. The molecule has 0 aromatic rings. The second-order valence-electron chi connectivity index (χ2n) is 3.35. The summed E-state index contributed by atoms with van der Waals surface area (Å²) in [4.78, 5) is 1.12. The Bertz CT molecular complexity index is 425. The Hall–Kier alpha value is -1.47. The van der Waals surface area contributed by atoms with Gasteiger partial charge in [-0.2, -0.15) is 43.9 Å². The highest BCUT2D eigenvalue weighted by molar-refractivity contribution is 5.00. The zero-order valence-electron chi connectivity index (χ0n) is 9.18. The molecular weight excluding hydrogens is 336 g/mol. The summed E-state index contributed by atoms with van der Waals surface area (Å²) in [6.45, 7) is -3.12. The molecular formula is C6H3F10N3O2. The highest BCUT2D eigenvalue weighted by atomic mass is 19.4. The van der Waals surface area contributed by atoms with E-state index >= 15 is 0 Å². The summed E-state index contributed by atoms with van der Waals surface area (Å²) >= 11 is 0. The van der Waals surface area contributed by atoms with Crippen molar-refractivity contribution in [3.8, 4) is 0 Å². The van der Waals surface area contributed by atoms with Gasteiger partial charge in [0, 0.05) is 4.91 Å². The highest BCUT2D eigenvalue weighted by Crippen LogP contribution is 2.51. The highest BCUT2D eigenvalue weighted by Gasteiger charge is 2.80. The van der Waals surface area contributed by atoms with Gasteiger partial charge < -0.3 is 9.84 Å². The third-order valence-electron chi connectivity index (χ3n) is 1.80. The van der Waals surface area contributed by atoms with Gasteiger partial charge in [-0.15, -0.1) is 0 Å². The second kappa shape index (κ2) is 5.38. The number of azide groups is 1. The van der Waals surface area contributed by atoms with Crippen LogP contribution >= 0.6 is 0 Å². The average Bonchev–Trinajstić information content (AvgIpc) is 2.22. The molecule has 0 rings (SSSR count). The molecule has 0 saturated heterocycles. The fourth-order valence-electron chi connectivity index (χ4n) is 0.860. The van der Waals surface area contributed by atoms with Crippen molar-refractivity contribution in [3.63, 3.8) is 0 Å². The summed E-state index contributed by atoms with van der Waals surface area (Å²) in [5, 5.41) is 9.57. The van der Waals surface area contributed by atoms with E-state index in [1.54, 1.807) is 0 Å². The normalized spacial score (nSPS) is 17.1. The zero-order valence-corrected chi connectivity index (χ0v) is 9.18. The fraction of sp³-hybridized carbons (Fsp3) is 1.00. The van der Waals surface area contributed by atoms with Crippen molar-refractivity contribution in [2.45, 2.75) is 30.1 Å². The molecule has 0 heterocycles. The topological polar surface area (TPSA) is 78.2 Å². The molecule has 0 saturated carbocycles. The molecule has 0 bridgehead atoms. The number of nitrogens with zero attached hydrogens (tertiary/aromatic N) is 3. The van der Waals surface area contributed by atoms with Crippen LogP contribution < -0.4 is 0 Å². The van der Waals surface area contributed by atoms with Crippen molar-refractivity contribution < 1.29 is 53.7 Å². The summed E-state index contributed by atoms with van der Waals surface area (Å²) in [5.41, 5.74) is 7.55. The standard InChI is InChI=1S/C6H3F10N3O2/c7-2(8,9)1-21-4(20,5(12,13)14)3(10,11)6(15,16)18-19-17/h20H,1H2. The monoisotopic (exact) mass is 339 g/mol. The Morgan fingerprint density at radius 2 is 1.38 bits per heavy atom. The van der Waals surface area contributed by atoms with E-state index in [1.165, 1.54) is 0 Å². The maximum Gasteiger partial charge on any atom is 0.449 e. The first-order valence-corrected chi connectivity index (χ1v) is 4.33. The van der Waals surface area contributed by atoms with E-state index in [4.69, 9.17) is 10.6 Å². The minimum atomic E-state index is -6.77. The lowest BCUT2D eigenvalue weighted by Crippen LogP contribution is -2.67. The van der Waals surface area contributed by atoms with Crippen LogP contribution in [0, 0.1) is 0 Å². The number of ether oxygens (including phenoxy) is 1. The van der Waals surface area contributed by atoms with E-state index in [0.29, 0.717) is 0 Å². The van der Waals surface area contributed by atoms with Crippen molar-refractivity contribution in [2.75, 3.05) is 6.61 Å². The van der Waals surface area contributed by atoms with Gasteiger partial charge in [-0.3, -0.25) is 0 Å². The van der Waals surface area contributed by atoms with Gasteiger partial charge in [-0.25, -0.2) is 0 Å². The lowest BCUT2D eigenvalue weighted by atomic mass is 10.1. The van der Waals surface area contributed by atoms with Crippen LogP contribution in [0.15, 0.2) is 5.11 Å². The molecule has 0 aliphatic carbocycles. The molecule has 5 nitrogen and oxygen atoms in total. The molecule has 124 valence electrons. The van der Waals surface area contributed by atoms with E-state index in [1.807, 2.05) is 0 Å². The molecule has 1 atom stereocenters. The van der Waals surface area contributed by atoms with E-state index in [2.05, 4.69) is 4.74 Å². The molecule has 1 unspecified atom stereocenters. The van der Waals surface area contributed by atoms with Gasteiger partial charge in [-0.1, -0.05) is 0 Å². The summed E-state index contributed by atoms with van der Waals surface area (Å²) in [7, 11) is 0. The Morgan fingerprint density at radius 3 is 1.67 bits per heavy atom. The van der Waals surface area contributed by atoms with Crippen LogP contribution in [0.4, 0.5) is 43.9 Å². The van der Waals surface area contributed by atoms with Crippen LogP contribution in [-0.4, -0.2) is 41.8 Å². The SMILES string of the molecule is [N-]=[N+]=NC(F)(F)C(F)(F)C(O)(OCC(F)(F)F)C(F)(F)F. The van der Waals surface area contributed by atoms with Gasteiger partial charge >= 0.3 is 30.1 Å². The lowest BCUT2D eigenvalue weighted by molar-refractivity contribution is -0.466. The van der Waals surface area contributed by atoms with Crippen LogP contribution in [0.1, 0.15) is 0 Å². The molecule has 0 fully saturated rings. The van der Waals surface area contributed by atoms with Gasteiger partial charge in [0.1, 0.15) is 6.61 Å². The molecule has 0 spiro atoms. The first kappa shape index (κ1) is 19.5. The number of alkyl halides is 10. The first-order valence-electron chi connectivity index (χ1n) is 4.33. The summed E-state index contributed by atoms with van der Waals surface area (Å²) in [6, 6.07) is -6.22. The van der Waals surface area contributed by atoms with E-state index in [9.17, 15) is 43.9 Å². The van der Waals surface area contributed by atoms with Gasteiger partial charge in [-0.05, 0) is 10.6 Å². The van der Waals surface area contributed by atoms with Crippen LogP contribution in [-0.2, 0) is 4.74 Å². The van der Waals surface area contributed by atoms with Gasteiger partial charge in [0.05, 0.1) is 0 Å². The van der Waals surface area contributed by atoms with Crippen molar-refractivity contribution in [1.82, 2.24) is 0 Å². The predicted octanol–water partition coefficient (Wildman–Crippen LogP) is 3.35. The molecule has 15 heteroatoms. The smallest absolute Gasteiger partial charge is 0.354 e. The van der Waals surface area contributed by atoms with Crippen LogP contribution in [0.25, 0.3) is 10.4 Å². The largest absolute Gasteiger partial charge is 0.449 e. The minimum Gasteiger partial charge on any atom is -0.354 e. The number of halogens is 10. The van der Waals surface area contributed by atoms with Crippen molar-refractivity contribution in [2.24, 2.45) is 5.11 Å². The number of hydrogen-bond acceptors (Lipinski definition) is 3. The second-order valence-corrected chi connectivity index (χ2v) is 3.35. The Morgan fingerprint density at radius 1 is 0.952 bits per heavy atom. The summed E-state index contributed by atoms with van der Waals surface area (Å²) in [6.07, 6.45) is -12.4. The zero-order chi connectivity index (χ0) is 17.3. The van der Waals surface area contributed by atoms with Crippen LogP contribution in [0.5, 0.6) is 0 Å². The van der Waals surface area contributed by atoms with Crippen LogP contribution in [0.3, 0.4) is 0 Å². The molecule has 0 aromatic carbocycles. The molecule has 0 aliphatic rings. The fourth-order valence-corrected chi connectivity index (χ4v) is 0.860. The minimum absolute atomic E-state index is 1.03. The molecule has 0 amide bonds.